The first-order valence-corrected chi connectivity index (χ1v) is 11.5. The van der Waals surface area contributed by atoms with Crippen molar-refractivity contribution in [2.75, 3.05) is 27.2 Å². The summed E-state index contributed by atoms with van der Waals surface area (Å²) >= 11 is 0. The van der Waals surface area contributed by atoms with Gasteiger partial charge in [0.15, 0.2) is 11.2 Å². The fraction of sp³-hybridized carbons (Fsp3) is 0.444. The Bertz CT molecular complexity index is 1010. The van der Waals surface area contributed by atoms with E-state index in [1.807, 2.05) is 38.2 Å². The molecule has 1 atom stereocenters. The van der Waals surface area contributed by atoms with Crippen molar-refractivity contribution in [3.63, 3.8) is 0 Å². The second kappa shape index (κ2) is 13.0. The minimum Gasteiger partial charge on any atom is -0.468 e. The molecule has 0 saturated carbocycles. The Balaban J connectivity index is 2.04. The molecule has 0 aromatic heterocycles. The van der Waals surface area contributed by atoms with E-state index in [4.69, 9.17) is 4.74 Å². The molecule has 0 heterocycles. The predicted molar refractivity (Wildman–Crippen MR) is 129 cm³/mol. The average Bonchev–Trinajstić information content (AvgIpc) is 2.89. The quantitative estimate of drug-likeness (QED) is 0.345. The minimum absolute atomic E-state index is 0.132. The number of aliphatic hydroxyl groups excluding tert-OH is 2. The van der Waals surface area contributed by atoms with Crippen LogP contribution in [0.5, 0.6) is 0 Å². The molecule has 2 N–H and O–H groups in total. The average molecular weight is 467 g/mol. The summed E-state index contributed by atoms with van der Waals surface area (Å²) in [4.78, 5) is 26.6. The molecule has 0 amide bonds. The first-order chi connectivity index (χ1) is 16.3. The number of benzene rings is 2. The summed E-state index contributed by atoms with van der Waals surface area (Å²) in [5.41, 5.74) is 1.86. The highest BCUT2D eigenvalue weighted by Crippen LogP contribution is 2.32. The number of hydrogen-bond acceptors (Lipinski definition) is 7. The van der Waals surface area contributed by atoms with Crippen LogP contribution in [0.2, 0.25) is 0 Å². The van der Waals surface area contributed by atoms with Gasteiger partial charge in [-0.3, -0.25) is 4.79 Å². The third-order valence-corrected chi connectivity index (χ3v) is 6.24. The second-order valence-electron chi connectivity index (χ2n) is 8.44. The number of hydrogen-bond donors (Lipinski definition) is 2. The van der Waals surface area contributed by atoms with Crippen LogP contribution in [0.3, 0.4) is 0 Å². The van der Waals surface area contributed by atoms with Crippen molar-refractivity contribution < 1.29 is 24.5 Å². The normalized spacial score (nSPS) is 12.7. The summed E-state index contributed by atoms with van der Waals surface area (Å²) in [5, 5.41) is 29.1. The van der Waals surface area contributed by atoms with Gasteiger partial charge >= 0.3 is 5.97 Å². The molecule has 2 aromatic rings. The van der Waals surface area contributed by atoms with Crippen LogP contribution in [-0.4, -0.2) is 54.1 Å². The molecule has 0 aliphatic carbocycles. The van der Waals surface area contributed by atoms with Crippen molar-refractivity contribution >= 4 is 11.8 Å². The van der Waals surface area contributed by atoms with E-state index in [1.165, 1.54) is 7.11 Å². The van der Waals surface area contributed by atoms with Crippen molar-refractivity contribution in [1.29, 1.82) is 5.26 Å². The lowest BCUT2D eigenvalue weighted by Gasteiger charge is -2.26. The summed E-state index contributed by atoms with van der Waals surface area (Å²) in [6.45, 7) is 2.77. The molecule has 1 unspecified atom stereocenters. The number of likely N-dealkylation sites (N-methyl/N-ethyl adjacent to an activating group) is 1. The van der Waals surface area contributed by atoms with E-state index in [9.17, 15) is 25.1 Å². The second-order valence-corrected chi connectivity index (χ2v) is 8.44. The van der Waals surface area contributed by atoms with Gasteiger partial charge in [-0.1, -0.05) is 49.4 Å². The Labute approximate surface area is 201 Å². The number of aliphatic hydroxyl groups is 2. The summed E-state index contributed by atoms with van der Waals surface area (Å²) in [6, 6.07) is 14.7. The fourth-order valence-corrected chi connectivity index (χ4v) is 4.00. The lowest BCUT2D eigenvalue weighted by atomic mass is 9.77. The zero-order valence-electron chi connectivity index (χ0n) is 20.2. The number of Topliss-reactive ketones (excluding diaryl/α,β-unsaturated/α-hetero) is 1. The third-order valence-electron chi connectivity index (χ3n) is 6.24. The van der Waals surface area contributed by atoms with Gasteiger partial charge in [0.1, 0.15) is 0 Å². The van der Waals surface area contributed by atoms with Crippen LogP contribution in [0, 0.1) is 11.3 Å². The number of ether oxygens (including phenoxy) is 1. The van der Waals surface area contributed by atoms with Gasteiger partial charge < -0.3 is 19.8 Å². The van der Waals surface area contributed by atoms with E-state index in [-0.39, 0.29) is 25.4 Å². The molecule has 2 rings (SSSR count). The van der Waals surface area contributed by atoms with Crippen molar-refractivity contribution in [2.45, 2.75) is 51.2 Å². The Morgan fingerprint density at radius 1 is 1.06 bits per heavy atom. The summed E-state index contributed by atoms with van der Waals surface area (Å²) < 4.78 is 4.98. The molecular weight excluding hydrogens is 432 g/mol. The largest absolute Gasteiger partial charge is 0.468 e. The standard InChI is InChI=1S/C27H34N2O5/c1-4-25(32)21-8-6-20(7-9-21)12-15-29(2)14-5-13-27(19-28,26(33)34-3)24-11-10-22(17-30)23(16-24)18-31/h6-11,16,30-31H,4-5,12-15,17-18H2,1-3H3. The SMILES string of the molecule is CCC(=O)c1ccc(CCN(C)CCCC(C#N)(C(=O)OC)c2ccc(CO)c(CO)c2)cc1. The highest BCUT2D eigenvalue weighted by atomic mass is 16.5. The van der Waals surface area contributed by atoms with E-state index in [1.54, 1.807) is 18.2 Å². The molecule has 0 aliphatic rings. The van der Waals surface area contributed by atoms with Gasteiger partial charge in [0, 0.05) is 18.5 Å². The highest BCUT2D eigenvalue weighted by molar-refractivity contribution is 5.95. The van der Waals surface area contributed by atoms with Gasteiger partial charge in [-0.05, 0) is 55.1 Å². The Morgan fingerprint density at radius 3 is 2.29 bits per heavy atom. The maximum Gasteiger partial charge on any atom is 0.330 e. The van der Waals surface area contributed by atoms with Gasteiger partial charge in [-0.2, -0.15) is 5.26 Å². The van der Waals surface area contributed by atoms with Crippen molar-refractivity contribution in [3.8, 4) is 6.07 Å². The van der Waals surface area contributed by atoms with Crippen molar-refractivity contribution in [1.82, 2.24) is 4.90 Å². The number of nitrogens with zero attached hydrogens (tertiary/aromatic N) is 2. The first kappa shape index (κ1) is 27.2. The number of rotatable bonds is 13. The van der Waals surface area contributed by atoms with Crippen LogP contribution in [-0.2, 0) is 34.6 Å². The zero-order chi connectivity index (χ0) is 25.1. The molecule has 0 fully saturated rings. The van der Waals surface area contributed by atoms with Gasteiger partial charge in [0.05, 0.1) is 26.4 Å². The maximum atomic E-state index is 12.7. The molecule has 0 bridgehead atoms. The molecule has 0 radical (unpaired) electrons. The smallest absolute Gasteiger partial charge is 0.330 e. The first-order valence-electron chi connectivity index (χ1n) is 11.5. The molecule has 182 valence electrons. The summed E-state index contributed by atoms with van der Waals surface area (Å²) in [5.74, 6) is -0.507. The van der Waals surface area contributed by atoms with E-state index >= 15 is 0 Å². The number of nitriles is 1. The number of ketones is 1. The van der Waals surface area contributed by atoms with E-state index in [0.717, 1.165) is 24.1 Å². The molecule has 7 nitrogen and oxygen atoms in total. The van der Waals surface area contributed by atoms with E-state index in [0.29, 0.717) is 36.1 Å². The summed E-state index contributed by atoms with van der Waals surface area (Å²) in [7, 11) is 3.25. The van der Waals surface area contributed by atoms with Crippen LogP contribution in [0.25, 0.3) is 0 Å². The van der Waals surface area contributed by atoms with Gasteiger partial charge in [0.25, 0.3) is 0 Å². The molecule has 0 saturated heterocycles. The molecule has 0 spiro atoms. The summed E-state index contributed by atoms with van der Waals surface area (Å²) in [6.07, 6.45) is 2.15. The Kier molecular flexibility index (Phi) is 10.4. The lowest BCUT2D eigenvalue weighted by Crippen LogP contribution is -2.37. The van der Waals surface area contributed by atoms with Crippen LogP contribution in [0.15, 0.2) is 42.5 Å². The van der Waals surface area contributed by atoms with Crippen LogP contribution in [0.4, 0.5) is 0 Å². The van der Waals surface area contributed by atoms with Crippen LogP contribution in [0.1, 0.15) is 58.8 Å². The number of carbonyl (C=O) groups excluding carboxylic acids is 2. The molecule has 7 heteroatoms. The van der Waals surface area contributed by atoms with Crippen LogP contribution < -0.4 is 0 Å². The zero-order valence-corrected chi connectivity index (χ0v) is 20.2. The highest BCUT2D eigenvalue weighted by Gasteiger charge is 2.42. The number of methoxy groups -OCH3 is 1. The van der Waals surface area contributed by atoms with Gasteiger partial charge in [-0.15, -0.1) is 0 Å². The van der Waals surface area contributed by atoms with Gasteiger partial charge in [0.2, 0.25) is 0 Å². The third kappa shape index (κ3) is 6.51. The van der Waals surface area contributed by atoms with Gasteiger partial charge in [-0.25, -0.2) is 4.79 Å². The van der Waals surface area contributed by atoms with Crippen molar-refractivity contribution in [3.05, 3.63) is 70.3 Å². The molecule has 34 heavy (non-hydrogen) atoms. The number of carbonyl (C=O) groups is 2. The number of esters is 1. The fourth-order valence-electron chi connectivity index (χ4n) is 4.00. The topological polar surface area (TPSA) is 111 Å². The predicted octanol–water partition coefficient (Wildman–Crippen LogP) is 3.15. The Hall–Kier alpha value is -3.05. The molecular formula is C27H34N2O5. The lowest BCUT2D eigenvalue weighted by molar-refractivity contribution is -0.145. The molecule has 2 aromatic carbocycles. The molecule has 0 aliphatic heterocycles. The Morgan fingerprint density at radius 2 is 1.74 bits per heavy atom. The van der Waals surface area contributed by atoms with Crippen LogP contribution >= 0.6 is 0 Å². The maximum absolute atomic E-state index is 12.7. The minimum atomic E-state index is -1.49. The monoisotopic (exact) mass is 466 g/mol. The van der Waals surface area contributed by atoms with E-state index in [2.05, 4.69) is 11.0 Å². The van der Waals surface area contributed by atoms with E-state index < -0.39 is 11.4 Å². The van der Waals surface area contributed by atoms with Crippen molar-refractivity contribution in [2.24, 2.45) is 0 Å².